The van der Waals surface area contributed by atoms with Gasteiger partial charge in [-0.2, -0.15) is 5.10 Å². The molecule has 0 bridgehead atoms. The van der Waals surface area contributed by atoms with Crippen molar-refractivity contribution in [1.82, 2.24) is 10.7 Å². The van der Waals surface area contributed by atoms with Crippen molar-refractivity contribution in [2.24, 2.45) is 11.0 Å². The van der Waals surface area contributed by atoms with Crippen LogP contribution in [0.2, 0.25) is 0 Å². The van der Waals surface area contributed by atoms with Gasteiger partial charge in [0.1, 0.15) is 11.8 Å². The van der Waals surface area contributed by atoms with Crippen LogP contribution < -0.4 is 15.5 Å². The Morgan fingerprint density at radius 3 is 2.25 bits per heavy atom. The van der Waals surface area contributed by atoms with Crippen molar-refractivity contribution in [3.05, 3.63) is 65.7 Å². The van der Waals surface area contributed by atoms with Crippen LogP contribution in [0, 0.1) is 5.92 Å². The van der Waals surface area contributed by atoms with E-state index in [0.717, 1.165) is 5.56 Å². The second kappa shape index (κ2) is 12.2. The van der Waals surface area contributed by atoms with Gasteiger partial charge in [0, 0.05) is 5.56 Å². The number of hydrogen-bond donors (Lipinski definition) is 2. The number of carbonyl (C=O) groups is 3. The third kappa shape index (κ3) is 7.54. The molecule has 0 saturated carbocycles. The number of benzene rings is 2. The largest absolute Gasteiger partial charge is 0.479 e. The van der Waals surface area contributed by atoms with Crippen molar-refractivity contribution in [1.29, 1.82) is 0 Å². The van der Waals surface area contributed by atoms with Crippen LogP contribution in [0.5, 0.6) is 5.75 Å². The van der Waals surface area contributed by atoms with Gasteiger partial charge in [0.15, 0.2) is 6.10 Å². The predicted molar refractivity (Wildman–Crippen MR) is 121 cm³/mol. The Morgan fingerprint density at radius 1 is 1.00 bits per heavy atom. The van der Waals surface area contributed by atoms with E-state index < -0.39 is 24.0 Å². The molecular weight excluding hydrogens is 410 g/mol. The fourth-order valence-electron chi connectivity index (χ4n) is 2.73. The summed E-state index contributed by atoms with van der Waals surface area (Å²) in [6.45, 7) is 7.33. The van der Waals surface area contributed by atoms with Crippen LogP contribution in [0.4, 0.5) is 0 Å². The van der Waals surface area contributed by atoms with Gasteiger partial charge in [-0.1, -0.05) is 32.0 Å². The number of nitrogens with one attached hydrogen (secondary N) is 2. The maximum Gasteiger partial charge on any atom is 0.347 e. The molecule has 0 heterocycles. The first-order valence-electron chi connectivity index (χ1n) is 10.4. The minimum atomic E-state index is -0.736. The van der Waals surface area contributed by atoms with Crippen molar-refractivity contribution in [2.75, 3.05) is 6.61 Å². The molecule has 2 N–H and O–H groups in total. The van der Waals surface area contributed by atoms with Gasteiger partial charge in [-0.3, -0.25) is 9.59 Å². The number of rotatable bonds is 10. The van der Waals surface area contributed by atoms with Crippen molar-refractivity contribution >= 4 is 24.0 Å². The lowest BCUT2D eigenvalue weighted by Gasteiger charge is -2.20. The molecule has 2 rings (SSSR count). The van der Waals surface area contributed by atoms with Crippen LogP contribution in [0.25, 0.3) is 0 Å². The van der Waals surface area contributed by atoms with Crippen LogP contribution in [-0.4, -0.2) is 42.8 Å². The smallest absolute Gasteiger partial charge is 0.347 e. The molecule has 8 heteroatoms. The summed E-state index contributed by atoms with van der Waals surface area (Å²) in [6.07, 6.45) is 0.764. The monoisotopic (exact) mass is 439 g/mol. The zero-order valence-electron chi connectivity index (χ0n) is 18.7. The van der Waals surface area contributed by atoms with E-state index in [1.165, 1.54) is 6.21 Å². The highest BCUT2D eigenvalue weighted by atomic mass is 16.6. The summed E-state index contributed by atoms with van der Waals surface area (Å²) in [5.41, 5.74) is 3.67. The fraction of sp³-hybridized carbons (Fsp3) is 0.333. The highest BCUT2D eigenvalue weighted by molar-refractivity contribution is 5.97. The molecule has 170 valence electrons. The number of ether oxygens (including phenoxy) is 2. The summed E-state index contributed by atoms with van der Waals surface area (Å²) < 4.78 is 10.4. The summed E-state index contributed by atoms with van der Waals surface area (Å²) in [5.74, 6) is -0.786. The Labute approximate surface area is 188 Å². The molecule has 2 aromatic rings. The molecule has 0 aliphatic heterocycles. The molecule has 0 spiro atoms. The second-order valence-corrected chi connectivity index (χ2v) is 7.38. The SMILES string of the molecule is CCOC(=O)C(C)Oc1ccc(/C=N/NC(=O)C(NC(=O)c2ccccc2)C(C)C)cc1. The second-order valence-electron chi connectivity index (χ2n) is 7.38. The average molecular weight is 440 g/mol. The topological polar surface area (TPSA) is 106 Å². The number of hydrazone groups is 1. The summed E-state index contributed by atoms with van der Waals surface area (Å²) in [4.78, 5) is 36.5. The van der Waals surface area contributed by atoms with Crippen LogP contribution >= 0.6 is 0 Å². The maximum atomic E-state index is 12.5. The molecule has 0 radical (unpaired) electrons. The Balaban J connectivity index is 1.91. The first-order valence-corrected chi connectivity index (χ1v) is 10.4. The molecule has 0 saturated heterocycles. The molecule has 0 aromatic heterocycles. The molecule has 2 atom stereocenters. The van der Waals surface area contributed by atoms with Crippen LogP contribution in [-0.2, 0) is 14.3 Å². The van der Waals surface area contributed by atoms with E-state index >= 15 is 0 Å². The van der Waals surface area contributed by atoms with Crippen molar-refractivity contribution in [3.8, 4) is 5.75 Å². The minimum absolute atomic E-state index is 0.129. The lowest BCUT2D eigenvalue weighted by molar-refractivity contribution is -0.150. The lowest BCUT2D eigenvalue weighted by Crippen LogP contribution is -2.48. The lowest BCUT2D eigenvalue weighted by atomic mass is 10.0. The van der Waals surface area contributed by atoms with Crippen molar-refractivity contribution < 1.29 is 23.9 Å². The zero-order valence-corrected chi connectivity index (χ0v) is 18.7. The zero-order chi connectivity index (χ0) is 23.5. The molecule has 2 amide bonds. The van der Waals surface area contributed by atoms with E-state index in [1.54, 1.807) is 62.4 Å². The fourth-order valence-corrected chi connectivity index (χ4v) is 2.73. The standard InChI is InChI=1S/C24H29N3O5/c1-5-31-24(30)17(4)32-20-13-11-18(12-14-20)15-25-27-23(29)21(16(2)3)26-22(28)19-9-7-6-8-10-19/h6-17,21H,5H2,1-4H3,(H,26,28)(H,27,29)/b25-15+. The predicted octanol–water partition coefficient (Wildman–Crippen LogP) is 2.92. The third-order valence-corrected chi connectivity index (χ3v) is 4.47. The normalized spacial score (nSPS) is 12.8. The summed E-state index contributed by atoms with van der Waals surface area (Å²) >= 11 is 0. The maximum absolute atomic E-state index is 12.5. The number of carbonyl (C=O) groups excluding carboxylic acids is 3. The number of amides is 2. The summed E-state index contributed by atoms with van der Waals surface area (Å²) in [5, 5.41) is 6.72. The van der Waals surface area contributed by atoms with Gasteiger partial charge in [-0.05, 0) is 61.7 Å². The summed E-state index contributed by atoms with van der Waals surface area (Å²) in [7, 11) is 0. The number of hydrogen-bond acceptors (Lipinski definition) is 6. The molecule has 0 fully saturated rings. The highest BCUT2D eigenvalue weighted by Gasteiger charge is 2.24. The first-order chi connectivity index (χ1) is 15.3. The first kappa shape index (κ1) is 24.6. The Kier molecular flexibility index (Phi) is 9.41. The minimum Gasteiger partial charge on any atom is -0.479 e. The molecule has 2 aromatic carbocycles. The molecule has 0 aliphatic carbocycles. The van der Waals surface area contributed by atoms with Gasteiger partial charge < -0.3 is 14.8 Å². The van der Waals surface area contributed by atoms with Crippen LogP contribution in [0.3, 0.4) is 0 Å². The molecule has 2 unspecified atom stereocenters. The van der Waals surface area contributed by atoms with Gasteiger partial charge >= 0.3 is 5.97 Å². The van der Waals surface area contributed by atoms with Crippen molar-refractivity contribution in [2.45, 2.75) is 39.8 Å². The van der Waals surface area contributed by atoms with E-state index in [4.69, 9.17) is 9.47 Å². The van der Waals surface area contributed by atoms with E-state index in [1.807, 2.05) is 19.9 Å². The van der Waals surface area contributed by atoms with Gasteiger partial charge in [0.2, 0.25) is 0 Å². The highest BCUT2D eigenvalue weighted by Crippen LogP contribution is 2.13. The van der Waals surface area contributed by atoms with E-state index in [0.29, 0.717) is 17.9 Å². The third-order valence-electron chi connectivity index (χ3n) is 4.47. The number of esters is 1. The van der Waals surface area contributed by atoms with E-state index in [9.17, 15) is 14.4 Å². The van der Waals surface area contributed by atoms with Crippen LogP contribution in [0.15, 0.2) is 59.7 Å². The quantitative estimate of drug-likeness (QED) is 0.336. The van der Waals surface area contributed by atoms with E-state index in [2.05, 4.69) is 15.8 Å². The molecule has 8 nitrogen and oxygen atoms in total. The number of nitrogens with zero attached hydrogens (tertiary/aromatic N) is 1. The van der Waals surface area contributed by atoms with Crippen LogP contribution in [0.1, 0.15) is 43.6 Å². The van der Waals surface area contributed by atoms with Crippen molar-refractivity contribution in [3.63, 3.8) is 0 Å². The van der Waals surface area contributed by atoms with Gasteiger partial charge in [-0.15, -0.1) is 0 Å². The molecule has 0 aliphatic rings. The Morgan fingerprint density at radius 2 is 1.66 bits per heavy atom. The Bertz CT molecular complexity index is 926. The van der Waals surface area contributed by atoms with E-state index in [-0.39, 0.29) is 11.8 Å². The van der Waals surface area contributed by atoms with Gasteiger partial charge in [-0.25, -0.2) is 10.2 Å². The molecule has 32 heavy (non-hydrogen) atoms. The van der Waals surface area contributed by atoms with Gasteiger partial charge in [0.05, 0.1) is 12.8 Å². The summed E-state index contributed by atoms with van der Waals surface area (Å²) in [6, 6.07) is 14.8. The van der Waals surface area contributed by atoms with Gasteiger partial charge in [0.25, 0.3) is 11.8 Å². The Hall–Kier alpha value is -3.68. The molecular formula is C24H29N3O5. The average Bonchev–Trinajstić information content (AvgIpc) is 2.78.